The fourth-order valence-electron chi connectivity index (χ4n) is 2.94. The first-order valence-electron chi connectivity index (χ1n) is 8.11. The maximum absolute atomic E-state index is 13.4. The van der Waals surface area contributed by atoms with E-state index in [1.54, 1.807) is 10.7 Å². The van der Waals surface area contributed by atoms with Gasteiger partial charge in [0.1, 0.15) is 11.6 Å². The monoisotopic (exact) mass is 369 g/mol. The Morgan fingerprint density at radius 1 is 1.19 bits per heavy atom. The molecule has 1 aliphatic heterocycles. The SMILES string of the molecule is Cc1ccc(-n2nc3c(c2NC(=O)c2cccc(F)c2)C[S@](=O)C3)cc1. The number of aromatic nitrogens is 2. The number of hydrogen-bond donors (Lipinski definition) is 1. The van der Waals surface area contributed by atoms with Gasteiger partial charge in [-0.15, -0.1) is 0 Å². The second-order valence-electron chi connectivity index (χ2n) is 6.21. The summed E-state index contributed by atoms with van der Waals surface area (Å²) in [5.41, 5.74) is 3.62. The fraction of sp³-hybridized carbons (Fsp3) is 0.158. The molecule has 1 amide bonds. The fourth-order valence-corrected chi connectivity index (χ4v) is 4.20. The molecule has 2 heterocycles. The van der Waals surface area contributed by atoms with Gasteiger partial charge in [-0.05, 0) is 37.3 Å². The van der Waals surface area contributed by atoms with Crippen molar-refractivity contribution in [2.75, 3.05) is 5.32 Å². The lowest BCUT2D eigenvalue weighted by atomic mass is 10.2. The molecule has 0 saturated carbocycles. The van der Waals surface area contributed by atoms with Crippen LogP contribution in [-0.2, 0) is 22.3 Å². The van der Waals surface area contributed by atoms with Crippen molar-refractivity contribution in [3.8, 4) is 5.69 Å². The molecule has 0 radical (unpaired) electrons. The van der Waals surface area contributed by atoms with Crippen LogP contribution in [0.3, 0.4) is 0 Å². The summed E-state index contributed by atoms with van der Waals surface area (Å²) in [7, 11) is -1.02. The number of anilines is 1. The molecule has 1 aromatic heterocycles. The molecular weight excluding hydrogens is 353 g/mol. The van der Waals surface area contributed by atoms with E-state index in [4.69, 9.17) is 0 Å². The lowest BCUT2D eigenvalue weighted by molar-refractivity contribution is 0.102. The van der Waals surface area contributed by atoms with E-state index in [-0.39, 0.29) is 5.56 Å². The Morgan fingerprint density at radius 3 is 2.69 bits per heavy atom. The molecule has 1 aliphatic rings. The number of carbonyl (C=O) groups excluding carboxylic acids is 1. The normalized spacial score (nSPS) is 15.7. The minimum Gasteiger partial charge on any atom is -0.306 e. The highest BCUT2D eigenvalue weighted by molar-refractivity contribution is 7.83. The Labute approximate surface area is 152 Å². The molecule has 5 nitrogen and oxygen atoms in total. The molecule has 132 valence electrons. The Balaban J connectivity index is 1.75. The van der Waals surface area contributed by atoms with Crippen LogP contribution in [-0.4, -0.2) is 19.9 Å². The summed E-state index contributed by atoms with van der Waals surface area (Å²) >= 11 is 0. The molecule has 7 heteroatoms. The van der Waals surface area contributed by atoms with Gasteiger partial charge in [-0.3, -0.25) is 9.00 Å². The molecule has 0 fully saturated rings. The van der Waals surface area contributed by atoms with Crippen LogP contribution in [0.1, 0.15) is 27.2 Å². The Kier molecular flexibility index (Phi) is 4.16. The van der Waals surface area contributed by atoms with Crippen molar-refractivity contribution in [1.82, 2.24) is 9.78 Å². The number of nitrogens with one attached hydrogen (secondary N) is 1. The van der Waals surface area contributed by atoms with E-state index in [0.717, 1.165) is 22.5 Å². The molecule has 0 unspecified atom stereocenters. The van der Waals surface area contributed by atoms with Crippen LogP contribution in [0.4, 0.5) is 10.2 Å². The van der Waals surface area contributed by atoms with Gasteiger partial charge >= 0.3 is 0 Å². The number of nitrogens with zero attached hydrogens (tertiary/aromatic N) is 2. The number of rotatable bonds is 3. The first-order valence-corrected chi connectivity index (χ1v) is 9.60. The van der Waals surface area contributed by atoms with Gasteiger partial charge in [-0.1, -0.05) is 23.8 Å². The van der Waals surface area contributed by atoms with Crippen LogP contribution in [0, 0.1) is 12.7 Å². The smallest absolute Gasteiger partial charge is 0.256 e. The summed E-state index contributed by atoms with van der Waals surface area (Å²) in [5.74, 6) is 0.301. The van der Waals surface area contributed by atoms with E-state index in [0.29, 0.717) is 17.3 Å². The minimum atomic E-state index is -1.02. The predicted molar refractivity (Wildman–Crippen MR) is 98.2 cm³/mol. The molecule has 26 heavy (non-hydrogen) atoms. The molecular formula is C19H16FN3O2S. The van der Waals surface area contributed by atoms with Gasteiger partial charge in [0.25, 0.3) is 5.91 Å². The largest absolute Gasteiger partial charge is 0.306 e. The number of hydrogen-bond acceptors (Lipinski definition) is 3. The number of amides is 1. The van der Waals surface area contributed by atoms with Crippen molar-refractivity contribution in [3.05, 3.63) is 76.7 Å². The number of fused-ring (bicyclic) bond motifs is 1. The number of halogens is 1. The zero-order chi connectivity index (χ0) is 18.3. The third kappa shape index (κ3) is 3.06. The highest BCUT2D eigenvalue weighted by Gasteiger charge is 2.28. The van der Waals surface area contributed by atoms with Crippen LogP contribution in [0.5, 0.6) is 0 Å². The highest BCUT2D eigenvalue weighted by atomic mass is 32.2. The van der Waals surface area contributed by atoms with Gasteiger partial charge in [-0.2, -0.15) is 5.10 Å². The Hall–Kier alpha value is -2.80. The quantitative estimate of drug-likeness (QED) is 0.770. The van der Waals surface area contributed by atoms with Crippen molar-refractivity contribution in [2.24, 2.45) is 0 Å². The summed E-state index contributed by atoms with van der Waals surface area (Å²) in [5, 5.41) is 7.37. The zero-order valence-electron chi connectivity index (χ0n) is 14.0. The van der Waals surface area contributed by atoms with E-state index in [1.807, 2.05) is 31.2 Å². The van der Waals surface area contributed by atoms with Crippen LogP contribution in [0.15, 0.2) is 48.5 Å². The Bertz CT molecular complexity index is 1030. The molecule has 2 aromatic carbocycles. The van der Waals surface area contributed by atoms with Gasteiger partial charge < -0.3 is 5.32 Å². The first kappa shape index (κ1) is 16.7. The highest BCUT2D eigenvalue weighted by Crippen LogP contribution is 2.31. The van der Waals surface area contributed by atoms with Crippen LogP contribution in [0.2, 0.25) is 0 Å². The molecule has 4 rings (SSSR count). The molecule has 0 saturated heterocycles. The first-order chi connectivity index (χ1) is 12.5. The number of aryl methyl sites for hydroxylation is 1. The number of benzene rings is 2. The average molecular weight is 369 g/mol. The van der Waals surface area contributed by atoms with Crippen molar-refractivity contribution < 1.29 is 13.4 Å². The standard InChI is InChI=1S/C19H16FN3O2S/c1-12-5-7-15(8-6-12)23-18(16-10-26(25)11-17(16)22-23)21-19(24)13-3-2-4-14(20)9-13/h2-9H,10-11H2,1H3,(H,21,24)/t26-/m0/s1. The third-order valence-corrected chi connectivity index (χ3v) is 5.47. The van der Waals surface area contributed by atoms with E-state index in [2.05, 4.69) is 10.4 Å². The van der Waals surface area contributed by atoms with Gasteiger partial charge in [0, 0.05) is 21.9 Å². The third-order valence-electron chi connectivity index (χ3n) is 4.27. The second kappa shape index (κ2) is 6.49. The van der Waals surface area contributed by atoms with Crippen molar-refractivity contribution in [1.29, 1.82) is 0 Å². The summed E-state index contributed by atoms with van der Waals surface area (Å²) in [6, 6.07) is 13.2. The predicted octanol–water partition coefficient (Wildman–Crippen LogP) is 3.33. The van der Waals surface area contributed by atoms with E-state index >= 15 is 0 Å². The zero-order valence-corrected chi connectivity index (χ0v) is 14.8. The van der Waals surface area contributed by atoms with Gasteiger partial charge in [0.2, 0.25) is 0 Å². The van der Waals surface area contributed by atoms with Gasteiger partial charge in [0.05, 0.1) is 22.9 Å². The molecule has 1 atom stereocenters. The maximum Gasteiger partial charge on any atom is 0.256 e. The molecule has 1 N–H and O–H groups in total. The summed E-state index contributed by atoms with van der Waals surface area (Å²) in [6.45, 7) is 1.99. The van der Waals surface area contributed by atoms with Gasteiger partial charge in [0.15, 0.2) is 0 Å². The van der Waals surface area contributed by atoms with E-state index < -0.39 is 22.5 Å². The molecule has 0 bridgehead atoms. The summed E-state index contributed by atoms with van der Waals surface area (Å²) in [4.78, 5) is 12.6. The van der Waals surface area contributed by atoms with Crippen molar-refractivity contribution >= 4 is 22.5 Å². The second-order valence-corrected chi connectivity index (χ2v) is 7.67. The molecule has 3 aromatic rings. The Morgan fingerprint density at radius 2 is 1.96 bits per heavy atom. The van der Waals surface area contributed by atoms with Crippen LogP contribution < -0.4 is 5.32 Å². The van der Waals surface area contributed by atoms with E-state index in [1.165, 1.54) is 18.2 Å². The molecule has 0 aliphatic carbocycles. The van der Waals surface area contributed by atoms with Crippen molar-refractivity contribution in [2.45, 2.75) is 18.4 Å². The van der Waals surface area contributed by atoms with Crippen molar-refractivity contribution in [3.63, 3.8) is 0 Å². The van der Waals surface area contributed by atoms with E-state index in [9.17, 15) is 13.4 Å². The number of carbonyl (C=O) groups is 1. The van der Waals surface area contributed by atoms with Crippen LogP contribution in [0.25, 0.3) is 5.69 Å². The molecule has 0 spiro atoms. The maximum atomic E-state index is 13.4. The van der Waals surface area contributed by atoms with Gasteiger partial charge in [-0.25, -0.2) is 9.07 Å². The average Bonchev–Trinajstić information content (AvgIpc) is 3.13. The minimum absolute atomic E-state index is 0.217. The lowest BCUT2D eigenvalue weighted by Crippen LogP contribution is -2.16. The topological polar surface area (TPSA) is 64.0 Å². The summed E-state index contributed by atoms with van der Waals surface area (Å²) in [6.07, 6.45) is 0. The van der Waals surface area contributed by atoms with Crippen LogP contribution >= 0.6 is 0 Å². The summed E-state index contributed by atoms with van der Waals surface area (Å²) < 4.78 is 27.0. The lowest BCUT2D eigenvalue weighted by Gasteiger charge is -2.11.